The smallest absolute Gasteiger partial charge is 0.123 e. The maximum Gasteiger partial charge on any atom is 0.123 e. The van der Waals surface area contributed by atoms with Crippen molar-refractivity contribution in [3.63, 3.8) is 0 Å². The van der Waals surface area contributed by atoms with E-state index in [1.807, 2.05) is 0 Å². The molecule has 0 fully saturated rings. The fourth-order valence-corrected chi connectivity index (χ4v) is 2.58. The van der Waals surface area contributed by atoms with Crippen LogP contribution < -0.4 is 0 Å². The summed E-state index contributed by atoms with van der Waals surface area (Å²) in [5, 5.41) is 0. The Labute approximate surface area is 115 Å². The second-order valence-corrected chi connectivity index (χ2v) is 5.46. The topological polar surface area (TPSA) is 17.1 Å². The second-order valence-electron chi connectivity index (χ2n) is 5.46. The summed E-state index contributed by atoms with van der Waals surface area (Å²) in [4.78, 5) is 11.3. The molecular formula is C17H33O. The van der Waals surface area contributed by atoms with Crippen molar-refractivity contribution in [3.8, 4) is 0 Å². The van der Waals surface area contributed by atoms with Crippen LogP contribution in [0.5, 0.6) is 0 Å². The van der Waals surface area contributed by atoms with Crippen LogP contribution in [0.25, 0.3) is 0 Å². The number of carbonyl (C=O) groups excluding carboxylic acids is 1. The van der Waals surface area contributed by atoms with E-state index in [9.17, 15) is 4.79 Å². The largest absolute Gasteiger partial charge is 0.303 e. The molecular weight excluding hydrogens is 220 g/mol. The van der Waals surface area contributed by atoms with Gasteiger partial charge in [0.25, 0.3) is 0 Å². The molecule has 0 aliphatic rings. The predicted octanol–water partition coefficient (Wildman–Crippen LogP) is 5.73. The normalized spacial score (nSPS) is 12.9. The van der Waals surface area contributed by atoms with Crippen molar-refractivity contribution in [2.75, 3.05) is 0 Å². The summed E-state index contributed by atoms with van der Waals surface area (Å²) in [7, 11) is 0. The molecule has 0 amide bonds. The van der Waals surface area contributed by atoms with Gasteiger partial charge in [-0.2, -0.15) is 0 Å². The molecule has 0 aromatic heterocycles. The van der Waals surface area contributed by atoms with E-state index in [-0.39, 0.29) is 5.92 Å². The third kappa shape index (κ3) is 8.72. The van der Waals surface area contributed by atoms with Crippen LogP contribution in [0.1, 0.15) is 91.4 Å². The molecule has 1 heteroatoms. The summed E-state index contributed by atoms with van der Waals surface area (Å²) in [5.74, 6) is 1.78. The van der Waals surface area contributed by atoms with E-state index in [0.717, 1.165) is 12.8 Å². The van der Waals surface area contributed by atoms with Gasteiger partial charge in [-0.3, -0.25) is 0 Å². The third-order valence-electron chi connectivity index (χ3n) is 3.73. The molecule has 0 N–H and O–H groups in total. The molecule has 0 aliphatic heterocycles. The molecule has 0 saturated carbocycles. The van der Waals surface area contributed by atoms with E-state index < -0.39 is 0 Å². The van der Waals surface area contributed by atoms with Crippen LogP contribution in [0, 0.1) is 11.8 Å². The Balaban J connectivity index is 4.02. The minimum absolute atomic E-state index is 0.248. The Morgan fingerprint density at radius 1 is 0.833 bits per heavy atom. The van der Waals surface area contributed by atoms with Gasteiger partial charge in [-0.25, -0.2) is 0 Å². The van der Waals surface area contributed by atoms with Gasteiger partial charge in [-0.1, -0.05) is 72.1 Å². The van der Waals surface area contributed by atoms with Crippen molar-refractivity contribution in [3.05, 3.63) is 5.92 Å². The SMILES string of the molecule is CCCCCC[C](CCC)C(C=O)CCCCC. The molecule has 0 aromatic carbocycles. The lowest BCUT2D eigenvalue weighted by Gasteiger charge is -2.22. The minimum Gasteiger partial charge on any atom is -0.303 e. The fraction of sp³-hybridized carbons (Fsp3) is 0.882. The lowest BCUT2D eigenvalue weighted by molar-refractivity contribution is -0.111. The zero-order valence-electron chi connectivity index (χ0n) is 12.8. The predicted molar refractivity (Wildman–Crippen MR) is 80.6 cm³/mol. The first-order valence-corrected chi connectivity index (χ1v) is 8.09. The van der Waals surface area contributed by atoms with E-state index in [1.54, 1.807) is 0 Å². The van der Waals surface area contributed by atoms with Gasteiger partial charge in [-0.15, -0.1) is 0 Å². The average Bonchev–Trinajstić information content (AvgIpc) is 2.39. The second kappa shape index (κ2) is 13.1. The maximum atomic E-state index is 11.3. The van der Waals surface area contributed by atoms with Crippen LogP contribution in [0.15, 0.2) is 0 Å². The molecule has 1 nitrogen and oxygen atoms in total. The van der Waals surface area contributed by atoms with Gasteiger partial charge in [0.1, 0.15) is 6.29 Å². The first kappa shape index (κ1) is 17.7. The lowest BCUT2D eigenvalue weighted by Crippen LogP contribution is -2.14. The Morgan fingerprint density at radius 3 is 2.06 bits per heavy atom. The van der Waals surface area contributed by atoms with Gasteiger partial charge in [0.05, 0.1) is 0 Å². The Bertz CT molecular complexity index is 176. The maximum absolute atomic E-state index is 11.3. The van der Waals surface area contributed by atoms with E-state index in [4.69, 9.17) is 0 Å². The van der Waals surface area contributed by atoms with E-state index in [1.165, 1.54) is 70.0 Å². The molecule has 1 unspecified atom stereocenters. The third-order valence-corrected chi connectivity index (χ3v) is 3.73. The molecule has 0 saturated heterocycles. The van der Waals surface area contributed by atoms with Gasteiger partial charge in [-0.05, 0) is 25.2 Å². The molecule has 1 radical (unpaired) electrons. The van der Waals surface area contributed by atoms with Crippen molar-refractivity contribution in [1.82, 2.24) is 0 Å². The molecule has 107 valence electrons. The summed E-state index contributed by atoms with van der Waals surface area (Å²) in [6.45, 7) is 6.69. The fourth-order valence-electron chi connectivity index (χ4n) is 2.58. The Kier molecular flexibility index (Phi) is 12.9. The molecule has 1 atom stereocenters. The molecule has 0 aromatic rings. The van der Waals surface area contributed by atoms with E-state index >= 15 is 0 Å². The van der Waals surface area contributed by atoms with E-state index in [2.05, 4.69) is 20.8 Å². The quantitative estimate of drug-likeness (QED) is 0.303. The minimum atomic E-state index is 0.248. The van der Waals surface area contributed by atoms with Crippen molar-refractivity contribution < 1.29 is 4.79 Å². The number of rotatable bonds is 13. The molecule has 0 bridgehead atoms. The molecule has 0 aliphatic carbocycles. The van der Waals surface area contributed by atoms with Crippen molar-refractivity contribution >= 4 is 6.29 Å². The number of aldehydes is 1. The summed E-state index contributed by atoms with van der Waals surface area (Å²) in [5.41, 5.74) is 0. The lowest BCUT2D eigenvalue weighted by atomic mass is 9.82. The van der Waals surface area contributed by atoms with Crippen LogP contribution in [0.4, 0.5) is 0 Å². The van der Waals surface area contributed by atoms with Crippen LogP contribution >= 0.6 is 0 Å². The Hall–Kier alpha value is -0.330. The highest BCUT2D eigenvalue weighted by Gasteiger charge is 2.19. The van der Waals surface area contributed by atoms with E-state index in [0.29, 0.717) is 0 Å². The highest BCUT2D eigenvalue weighted by atomic mass is 16.1. The highest BCUT2D eigenvalue weighted by Crippen LogP contribution is 2.29. The van der Waals surface area contributed by atoms with Gasteiger partial charge in [0.2, 0.25) is 0 Å². The number of carbonyl (C=O) groups is 1. The van der Waals surface area contributed by atoms with Crippen LogP contribution in [-0.2, 0) is 4.79 Å². The van der Waals surface area contributed by atoms with Crippen molar-refractivity contribution in [2.45, 2.75) is 91.4 Å². The number of unbranched alkanes of at least 4 members (excludes halogenated alkanes) is 5. The van der Waals surface area contributed by atoms with Crippen LogP contribution in [0.2, 0.25) is 0 Å². The summed E-state index contributed by atoms with van der Waals surface area (Å²) >= 11 is 0. The standard InChI is InChI=1S/C17H33O/c1-4-7-9-11-13-16(12-6-3)17(15-18)14-10-8-5-2/h15,17H,4-14H2,1-3H3. The van der Waals surface area contributed by atoms with Gasteiger partial charge in [0, 0.05) is 5.92 Å². The highest BCUT2D eigenvalue weighted by molar-refractivity contribution is 5.57. The zero-order chi connectivity index (χ0) is 13.6. The molecule has 0 spiro atoms. The van der Waals surface area contributed by atoms with Crippen LogP contribution in [0.3, 0.4) is 0 Å². The first-order chi connectivity index (χ1) is 8.79. The Morgan fingerprint density at radius 2 is 1.50 bits per heavy atom. The summed E-state index contributed by atoms with van der Waals surface area (Å²) < 4.78 is 0. The monoisotopic (exact) mass is 253 g/mol. The first-order valence-electron chi connectivity index (χ1n) is 8.09. The zero-order valence-corrected chi connectivity index (χ0v) is 12.8. The average molecular weight is 253 g/mol. The summed E-state index contributed by atoms with van der Waals surface area (Å²) in [6, 6.07) is 0. The molecule has 0 heterocycles. The summed E-state index contributed by atoms with van der Waals surface area (Å²) in [6.07, 6.45) is 14.8. The molecule has 0 rings (SSSR count). The van der Waals surface area contributed by atoms with Gasteiger partial charge in [0.15, 0.2) is 0 Å². The van der Waals surface area contributed by atoms with Gasteiger partial charge >= 0.3 is 0 Å². The number of hydrogen-bond donors (Lipinski definition) is 0. The van der Waals surface area contributed by atoms with Crippen molar-refractivity contribution in [1.29, 1.82) is 0 Å². The number of hydrogen-bond acceptors (Lipinski definition) is 1. The van der Waals surface area contributed by atoms with Gasteiger partial charge < -0.3 is 4.79 Å². The molecule has 18 heavy (non-hydrogen) atoms. The van der Waals surface area contributed by atoms with Crippen molar-refractivity contribution in [2.24, 2.45) is 5.92 Å². The van der Waals surface area contributed by atoms with Crippen LogP contribution in [-0.4, -0.2) is 6.29 Å².